The molecule has 0 bridgehead atoms. The lowest BCUT2D eigenvalue weighted by atomic mass is 10.0. The fourth-order valence-electron chi connectivity index (χ4n) is 10.6. The number of carbonyl (C=O) groups is 3. The molecule has 0 spiro atoms. The Bertz CT molecular complexity index is 1440. The van der Waals surface area contributed by atoms with Gasteiger partial charge in [0.2, 0.25) is 0 Å². The Hall–Kier alpha value is -2.89. The van der Waals surface area contributed by atoms with E-state index in [-0.39, 0.29) is 31.1 Å². The quantitative estimate of drug-likeness (QED) is 0.0261. The lowest BCUT2D eigenvalue weighted by molar-refractivity contribution is -0.167. The fraction of sp³-hybridized carbons (Fsp3) is 0.827. The van der Waals surface area contributed by atoms with E-state index in [2.05, 4.69) is 81.5 Å². The second-order valence-electron chi connectivity index (χ2n) is 24.1. The molecule has 6 heteroatoms. The van der Waals surface area contributed by atoms with Crippen molar-refractivity contribution in [2.75, 3.05) is 13.2 Å². The van der Waals surface area contributed by atoms with Crippen molar-refractivity contribution in [1.29, 1.82) is 0 Å². The molecule has 472 valence electrons. The van der Waals surface area contributed by atoms with E-state index in [1.807, 2.05) is 0 Å². The largest absolute Gasteiger partial charge is 0.462 e. The van der Waals surface area contributed by atoms with Crippen LogP contribution in [0, 0.1) is 0 Å². The highest BCUT2D eigenvalue weighted by Gasteiger charge is 2.19. The number of hydrogen-bond donors (Lipinski definition) is 0. The number of esters is 3. The summed E-state index contributed by atoms with van der Waals surface area (Å²) in [5, 5.41) is 0. The standard InChI is InChI=1S/C75H136O6/c1-4-7-10-13-16-19-22-25-27-29-30-31-32-33-34-35-36-37-38-39-40-41-42-43-44-46-47-50-53-56-59-62-65-68-74(77)80-71-72(70-79-73(76)67-64-61-58-55-52-49-24-21-18-15-12-9-6-3)81-75(78)69-66-63-60-57-54-51-48-45-28-26-23-20-17-14-11-8-5-2/h21-22,24-26,28-30,32-33,72H,4-20,23,27,31,34-71H2,1-3H3/b24-21-,25-22-,28-26-,30-29-,33-32-. The number of hydrogen-bond acceptors (Lipinski definition) is 6. The zero-order valence-corrected chi connectivity index (χ0v) is 54.3. The summed E-state index contributed by atoms with van der Waals surface area (Å²) in [5.41, 5.74) is 0. The first-order valence-electron chi connectivity index (χ1n) is 35.8. The molecule has 0 aliphatic heterocycles. The second kappa shape index (κ2) is 69.6. The Morgan fingerprint density at radius 2 is 0.444 bits per heavy atom. The van der Waals surface area contributed by atoms with Gasteiger partial charge in [0.25, 0.3) is 0 Å². The first-order chi connectivity index (χ1) is 40.0. The van der Waals surface area contributed by atoms with Crippen LogP contribution in [0.15, 0.2) is 60.8 Å². The topological polar surface area (TPSA) is 78.9 Å². The monoisotopic (exact) mass is 1130 g/mol. The highest BCUT2D eigenvalue weighted by molar-refractivity contribution is 5.71. The molecule has 1 unspecified atom stereocenters. The van der Waals surface area contributed by atoms with Crippen molar-refractivity contribution in [3.05, 3.63) is 60.8 Å². The van der Waals surface area contributed by atoms with Crippen LogP contribution >= 0.6 is 0 Å². The predicted molar refractivity (Wildman–Crippen MR) is 353 cm³/mol. The molecule has 0 heterocycles. The summed E-state index contributed by atoms with van der Waals surface area (Å²) in [6.07, 6.45) is 89.7. The van der Waals surface area contributed by atoms with Crippen molar-refractivity contribution < 1.29 is 28.6 Å². The van der Waals surface area contributed by atoms with Crippen LogP contribution in [0.1, 0.15) is 380 Å². The minimum absolute atomic E-state index is 0.0746. The first-order valence-corrected chi connectivity index (χ1v) is 35.8. The summed E-state index contributed by atoms with van der Waals surface area (Å²) >= 11 is 0. The number of unbranched alkanes of at least 4 members (excludes halogenated alkanes) is 45. The Balaban J connectivity index is 4.14. The van der Waals surface area contributed by atoms with Crippen LogP contribution in [0.3, 0.4) is 0 Å². The third-order valence-corrected chi connectivity index (χ3v) is 16.0. The molecule has 0 amide bonds. The summed E-state index contributed by atoms with van der Waals surface area (Å²) in [7, 11) is 0. The summed E-state index contributed by atoms with van der Waals surface area (Å²) < 4.78 is 17.0. The Labute approximate surface area is 504 Å². The fourth-order valence-corrected chi connectivity index (χ4v) is 10.6. The molecule has 0 fully saturated rings. The van der Waals surface area contributed by atoms with Crippen LogP contribution in [0.5, 0.6) is 0 Å². The van der Waals surface area contributed by atoms with E-state index in [9.17, 15) is 14.4 Å². The van der Waals surface area contributed by atoms with Crippen LogP contribution < -0.4 is 0 Å². The summed E-state index contributed by atoms with van der Waals surface area (Å²) in [6, 6.07) is 0. The van der Waals surface area contributed by atoms with E-state index in [4.69, 9.17) is 14.2 Å². The molecule has 0 aliphatic carbocycles. The predicted octanol–water partition coefficient (Wildman–Crippen LogP) is 24.7. The molecule has 0 aromatic rings. The van der Waals surface area contributed by atoms with Crippen LogP contribution in [-0.4, -0.2) is 37.2 Å². The molecule has 0 rings (SSSR count). The van der Waals surface area contributed by atoms with Gasteiger partial charge in [-0.05, 0) is 109 Å². The molecule has 0 aliphatic rings. The third kappa shape index (κ3) is 67.8. The number of rotatable bonds is 66. The first kappa shape index (κ1) is 78.1. The minimum Gasteiger partial charge on any atom is -0.462 e. The number of ether oxygens (including phenoxy) is 3. The molecule has 6 nitrogen and oxygen atoms in total. The smallest absolute Gasteiger partial charge is 0.306 e. The maximum absolute atomic E-state index is 12.9. The molecule has 1 atom stereocenters. The van der Waals surface area contributed by atoms with Crippen LogP contribution in [-0.2, 0) is 28.6 Å². The van der Waals surface area contributed by atoms with Gasteiger partial charge in [0.1, 0.15) is 13.2 Å². The molecule has 0 aromatic heterocycles. The van der Waals surface area contributed by atoms with Gasteiger partial charge in [0.05, 0.1) is 0 Å². The van der Waals surface area contributed by atoms with E-state index in [1.54, 1.807) is 0 Å². The molecule has 0 radical (unpaired) electrons. The van der Waals surface area contributed by atoms with Gasteiger partial charge in [-0.2, -0.15) is 0 Å². The van der Waals surface area contributed by atoms with Crippen molar-refractivity contribution in [3.8, 4) is 0 Å². The summed E-state index contributed by atoms with van der Waals surface area (Å²) in [5.74, 6) is -0.866. The maximum atomic E-state index is 12.9. The second-order valence-corrected chi connectivity index (χ2v) is 24.1. The SMILES string of the molecule is CCCCCC/C=C\CCCCCCCC(=O)OCC(COC(=O)CCCCCCCCCCCCCCCCCCCC/C=C\C/C=C\C/C=C\CCCCCCC)OC(=O)CCCCCCCCC/C=C\CCCCCCCC. The van der Waals surface area contributed by atoms with E-state index in [0.29, 0.717) is 19.3 Å². The molecule has 0 saturated heterocycles. The zero-order valence-electron chi connectivity index (χ0n) is 54.3. The van der Waals surface area contributed by atoms with Gasteiger partial charge in [-0.15, -0.1) is 0 Å². The number of carbonyl (C=O) groups excluding carboxylic acids is 3. The average molecular weight is 1130 g/mol. The lowest BCUT2D eigenvalue weighted by Crippen LogP contribution is -2.30. The zero-order chi connectivity index (χ0) is 58.5. The average Bonchev–Trinajstić information content (AvgIpc) is 3.46. The van der Waals surface area contributed by atoms with E-state index in [0.717, 1.165) is 77.0 Å². The summed E-state index contributed by atoms with van der Waals surface area (Å²) in [4.78, 5) is 38.4. The highest BCUT2D eigenvalue weighted by atomic mass is 16.6. The molecular formula is C75H136O6. The van der Waals surface area contributed by atoms with E-state index >= 15 is 0 Å². The van der Waals surface area contributed by atoms with E-state index in [1.165, 1.54) is 263 Å². The van der Waals surface area contributed by atoms with Gasteiger partial charge < -0.3 is 14.2 Å². The van der Waals surface area contributed by atoms with Gasteiger partial charge in [-0.3, -0.25) is 14.4 Å². The van der Waals surface area contributed by atoms with Crippen LogP contribution in [0.4, 0.5) is 0 Å². The van der Waals surface area contributed by atoms with Gasteiger partial charge in [0.15, 0.2) is 6.10 Å². The highest BCUT2D eigenvalue weighted by Crippen LogP contribution is 2.18. The molecule has 81 heavy (non-hydrogen) atoms. The van der Waals surface area contributed by atoms with Gasteiger partial charge in [-0.1, -0.05) is 313 Å². The van der Waals surface area contributed by atoms with Crippen molar-refractivity contribution in [3.63, 3.8) is 0 Å². The van der Waals surface area contributed by atoms with Crippen molar-refractivity contribution in [1.82, 2.24) is 0 Å². The van der Waals surface area contributed by atoms with Crippen molar-refractivity contribution in [2.45, 2.75) is 386 Å². The molecule has 0 N–H and O–H groups in total. The minimum atomic E-state index is -0.779. The summed E-state index contributed by atoms with van der Waals surface area (Å²) in [6.45, 7) is 6.65. The van der Waals surface area contributed by atoms with Crippen molar-refractivity contribution >= 4 is 17.9 Å². The third-order valence-electron chi connectivity index (χ3n) is 16.0. The lowest BCUT2D eigenvalue weighted by Gasteiger charge is -2.18. The maximum Gasteiger partial charge on any atom is 0.306 e. The van der Waals surface area contributed by atoms with Crippen LogP contribution in [0.25, 0.3) is 0 Å². The number of allylic oxidation sites excluding steroid dienone is 10. The van der Waals surface area contributed by atoms with Crippen molar-refractivity contribution in [2.24, 2.45) is 0 Å². The Morgan fingerprint density at radius 3 is 0.716 bits per heavy atom. The van der Waals surface area contributed by atoms with Gasteiger partial charge >= 0.3 is 17.9 Å². The van der Waals surface area contributed by atoms with E-state index < -0.39 is 6.10 Å². The molecule has 0 aromatic carbocycles. The molecular weight excluding hydrogens is 997 g/mol. The van der Waals surface area contributed by atoms with Gasteiger partial charge in [0, 0.05) is 19.3 Å². The Kier molecular flexibility index (Phi) is 67.1. The Morgan fingerprint density at radius 1 is 0.247 bits per heavy atom. The van der Waals surface area contributed by atoms with Crippen LogP contribution in [0.2, 0.25) is 0 Å². The normalized spacial score (nSPS) is 12.4. The van der Waals surface area contributed by atoms with Gasteiger partial charge in [-0.25, -0.2) is 0 Å². The molecule has 0 saturated carbocycles.